The number of carbonyl (C=O) groups excluding carboxylic acids is 2. The molecule has 0 spiro atoms. The topological polar surface area (TPSA) is 70.6 Å². The third-order valence-electron chi connectivity index (χ3n) is 4.49. The van der Waals surface area contributed by atoms with Crippen molar-refractivity contribution in [1.29, 1.82) is 0 Å². The molecule has 0 bridgehead atoms. The van der Waals surface area contributed by atoms with Crippen molar-refractivity contribution in [2.45, 2.75) is 12.5 Å². The Balaban J connectivity index is 1.42. The molecule has 1 aliphatic heterocycles. The van der Waals surface area contributed by atoms with Crippen molar-refractivity contribution in [3.63, 3.8) is 0 Å². The predicted molar refractivity (Wildman–Crippen MR) is 114 cm³/mol. The monoisotopic (exact) mass is 389 g/mol. The number of amides is 2. The van der Waals surface area contributed by atoms with Gasteiger partial charge in [-0.05, 0) is 17.0 Å². The SMILES string of the molecule is O=C1CC(c2ccccc2)N=C(SCC(=O)Nc2cccc3ccccc23)N1. The summed E-state index contributed by atoms with van der Waals surface area (Å²) in [5.41, 5.74) is 1.77. The average Bonchev–Trinajstić information content (AvgIpc) is 2.73. The number of nitrogens with zero attached hydrogens (tertiary/aromatic N) is 1. The van der Waals surface area contributed by atoms with Crippen molar-refractivity contribution in [2.75, 3.05) is 11.1 Å². The number of nitrogens with one attached hydrogen (secondary N) is 2. The lowest BCUT2D eigenvalue weighted by Crippen LogP contribution is -2.35. The lowest BCUT2D eigenvalue weighted by atomic mass is 10.0. The van der Waals surface area contributed by atoms with Crippen molar-refractivity contribution in [1.82, 2.24) is 5.32 Å². The zero-order valence-electron chi connectivity index (χ0n) is 15.1. The number of thioether (sulfide) groups is 1. The van der Waals surface area contributed by atoms with Gasteiger partial charge in [-0.2, -0.15) is 0 Å². The number of rotatable bonds is 4. The van der Waals surface area contributed by atoms with Gasteiger partial charge in [0.25, 0.3) is 0 Å². The fourth-order valence-corrected chi connectivity index (χ4v) is 3.89. The maximum atomic E-state index is 12.4. The Morgan fingerprint density at radius 3 is 2.64 bits per heavy atom. The average molecular weight is 389 g/mol. The van der Waals surface area contributed by atoms with Crippen LogP contribution in [0.2, 0.25) is 0 Å². The van der Waals surface area contributed by atoms with E-state index in [9.17, 15) is 9.59 Å². The second kappa shape index (κ2) is 8.27. The predicted octanol–water partition coefficient (Wildman–Crippen LogP) is 4.13. The Bertz CT molecular complexity index is 1040. The summed E-state index contributed by atoms with van der Waals surface area (Å²) in [6.45, 7) is 0. The quantitative estimate of drug-likeness (QED) is 0.705. The molecule has 1 aliphatic rings. The molecule has 0 aromatic heterocycles. The van der Waals surface area contributed by atoms with Crippen LogP contribution in [0.25, 0.3) is 10.8 Å². The zero-order chi connectivity index (χ0) is 19.3. The molecule has 28 heavy (non-hydrogen) atoms. The van der Waals surface area contributed by atoms with Gasteiger partial charge in [-0.1, -0.05) is 78.5 Å². The summed E-state index contributed by atoms with van der Waals surface area (Å²) in [4.78, 5) is 29.1. The minimum Gasteiger partial charge on any atom is -0.325 e. The van der Waals surface area contributed by atoms with Crippen LogP contribution in [0.1, 0.15) is 18.0 Å². The van der Waals surface area contributed by atoms with E-state index < -0.39 is 0 Å². The zero-order valence-corrected chi connectivity index (χ0v) is 15.9. The van der Waals surface area contributed by atoms with Crippen molar-refractivity contribution in [3.05, 3.63) is 78.4 Å². The fourth-order valence-electron chi connectivity index (χ4n) is 3.16. The highest BCUT2D eigenvalue weighted by molar-refractivity contribution is 8.14. The van der Waals surface area contributed by atoms with Crippen LogP contribution in [-0.2, 0) is 9.59 Å². The summed E-state index contributed by atoms with van der Waals surface area (Å²) in [6, 6.07) is 23.2. The van der Waals surface area contributed by atoms with Gasteiger partial charge in [0.1, 0.15) is 0 Å². The van der Waals surface area contributed by atoms with Crippen LogP contribution in [0.4, 0.5) is 5.69 Å². The summed E-state index contributed by atoms with van der Waals surface area (Å²) in [6.07, 6.45) is 0.316. The van der Waals surface area contributed by atoms with Gasteiger partial charge >= 0.3 is 0 Å². The van der Waals surface area contributed by atoms with Gasteiger partial charge in [-0.3, -0.25) is 14.6 Å². The van der Waals surface area contributed by atoms with Gasteiger partial charge in [0.2, 0.25) is 11.8 Å². The van der Waals surface area contributed by atoms with Gasteiger partial charge < -0.3 is 10.6 Å². The van der Waals surface area contributed by atoms with Crippen molar-refractivity contribution in [3.8, 4) is 0 Å². The number of fused-ring (bicyclic) bond motifs is 1. The number of hydrogen-bond donors (Lipinski definition) is 2. The van der Waals surface area contributed by atoms with E-state index in [0.717, 1.165) is 22.0 Å². The maximum absolute atomic E-state index is 12.4. The van der Waals surface area contributed by atoms with Gasteiger partial charge in [0.05, 0.1) is 18.2 Å². The molecule has 0 fully saturated rings. The molecule has 0 saturated heterocycles. The maximum Gasteiger partial charge on any atom is 0.234 e. The molecule has 1 unspecified atom stereocenters. The molecule has 140 valence electrons. The molecule has 2 N–H and O–H groups in total. The third kappa shape index (κ3) is 4.23. The molecule has 0 aliphatic carbocycles. The number of benzene rings is 3. The van der Waals surface area contributed by atoms with E-state index >= 15 is 0 Å². The van der Waals surface area contributed by atoms with E-state index in [1.54, 1.807) is 0 Å². The summed E-state index contributed by atoms with van der Waals surface area (Å²) >= 11 is 1.24. The second-order valence-corrected chi connectivity index (χ2v) is 7.44. The molecular formula is C22H19N3O2S. The Kier molecular flexibility index (Phi) is 5.39. The van der Waals surface area contributed by atoms with Crippen LogP contribution < -0.4 is 10.6 Å². The molecule has 1 heterocycles. The molecule has 4 rings (SSSR count). The normalized spacial score (nSPS) is 16.4. The Morgan fingerprint density at radius 2 is 1.79 bits per heavy atom. The minimum atomic E-state index is -0.210. The van der Waals surface area contributed by atoms with E-state index in [-0.39, 0.29) is 23.6 Å². The number of aliphatic imine (C=N–C) groups is 1. The molecule has 0 saturated carbocycles. The van der Waals surface area contributed by atoms with Gasteiger partial charge in [0.15, 0.2) is 5.17 Å². The highest BCUT2D eigenvalue weighted by atomic mass is 32.2. The van der Waals surface area contributed by atoms with Crippen LogP contribution >= 0.6 is 11.8 Å². The van der Waals surface area contributed by atoms with Crippen LogP contribution in [0.3, 0.4) is 0 Å². The first-order chi connectivity index (χ1) is 13.7. The molecule has 6 heteroatoms. The Hall–Kier alpha value is -3.12. The van der Waals surface area contributed by atoms with E-state index in [2.05, 4.69) is 15.6 Å². The summed E-state index contributed by atoms with van der Waals surface area (Å²) < 4.78 is 0. The highest BCUT2D eigenvalue weighted by Crippen LogP contribution is 2.26. The first-order valence-corrected chi connectivity index (χ1v) is 10.0. The second-order valence-electron chi connectivity index (χ2n) is 6.48. The Labute approximate surface area is 167 Å². The lowest BCUT2D eigenvalue weighted by Gasteiger charge is -2.20. The third-order valence-corrected chi connectivity index (χ3v) is 5.37. The number of carbonyl (C=O) groups is 2. The molecule has 0 radical (unpaired) electrons. The smallest absolute Gasteiger partial charge is 0.234 e. The Morgan fingerprint density at radius 1 is 1.04 bits per heavy atom. The molecular weight excluding hydrogens is 370 g/mol. The van der Waals surface area contributed by atoms with Gasteiger partial charge in [-0.15, -0.1) is 0 Å². The minimum absolute atomic E-state index is 0.0826. The fraction of sp³-hybridized carbons (Fsp3) is 0.136. The number of amidine groups is 1. The number of hydrogen-bond acceptors (Lipinski definition) is 4. The van der Waals surface area contributed by atoms with Gasteiger partial charge in [-0.25, -0.2) is 0 Å². The highest BCUT2D eigenvalue weighted by Gasteiger charge is 2.23. The van der Waals surface area contributed by atoms with Crippen LogP contribution in [0.5, 0.6) is 0 Å². The molecule has 3 aromatic rings. The molecule has 1 atom stereocenters. The van der Waals surface area contributed by atoms with E-state index in [1.807, 2.05) is 72.8 Å². The van der Waals surface area contributed by atoms with Crippen LogP contribution in [0.15, 0.2) is 77.8 Å². The summed E-state index contributed by atoms with van der Waals surface area (Å²) in [5, 5.41) is 8.26. The van der Waals surface area contributed by atoms with Gasteiger partial charge in [0, 0.05) is 11.1 Å². The van der Waals surface area contributed by atoms with E-state index in [1.165, 1.54) is 11.8 Å². The molecule has 2 amide bonds. The largest absolute Gasteiger partial charge is 0.325 e. The van der Waals surface area contributed by atoms with Crippen molar-refractivity contribution < 1.29 is 9.59 Å². The first kappa shape index (κ1) is 18.3. The standard InChI is InChI=1S/C22H19N3O2S/c26-20-13-19(16-8-2-1-3-9-16)24-22(25-20)28-14-21(27)23-18-12-6-10-15-7-4-5-11-17(15)18/h1-12,19H,13-14H2,(H,23,27)(H,24,25,26). The summed E-state index contributed by atoms with van der Waals surface area (Å²) in [5.74, 6) is -0.0509. The molecule has 3 aromatic carbocycles. The first-order valence-electron chi connectivity index (χ1n) is 9.02. The van der Waals surface area contributed by atoms with Crippen molar-refractivity contribution >= 4 is 45.2 Å². The van der Waals surface area contributed by atoms with Crippen molar-refractivity contribution in [2.24, 2.45) is 4.99 Å². The van der Waals surface area contributed by atoms with E-state index in [0.29, 0.717) is 11.6 Å². The van der Waals surface area contributed by atoms with Crippen LogP contribution in [0, 0.1) is 0 Å². The number of anilines is 1. The lowest BCUT2D eigenvalue weighted by molar-refractivity contribution is -0.120. The molecule has 5 nitrogen and oxygen atoms in total. The van der Waals surface area contributed by atoms with Crippen LogP contribution in [-0.4, -0.2) is 22.7 Å². The summed E-state index contributed by atoms with van der Waals surface area (Å²) in [7, 11) is 0. The van der Waals surface area contributed by atoms with E-state index in [4.69, 9.17) is 0 Å².